The molecule has 0 spiro atoms. The molecule has 0 aliphatic carbocycles. The number of hydrogen-bond donors (Lipinski definition) is 4. The zero-order valence-corrected chi connectivity index (χ0v) is 19.6. The highest BCUT2D eigenvalue weighted by atomic mass is 16.5. The number of rotatable bonds is 9. The molecule has 2 aliphatic rings. The fourth-order valence-corrected chi connectivity index (χ4v) is 4.09. The van der Waals surface area contributed by atoms with E-state index in [1.807, 2.05) is 0 Å². The van der Waals surface area contributed by atoms with Crippen LogP contribution in [0.1, 0.15) is 46.4 Å². The zero-order valence-electron chi connectivity index (χ0n) is 19.6. The molecule has 188 valence electrons. The lowest BCUT2D eigenvalue weighted by Crippen LogP contribution is -2.54. The minimum atomic E-state index is -1.01. The third kappa shape index (κ3) is 5.27. The molecule has 0 radical (unpaired) electrons. The molecule has 1 atom stereocenters. The molecule has 1 unspecified atom stereocenters. The van der Waals surface area contributed by atoms with Crippen molar-refractivity contribution in [2.75, 3.05) is 30.8 Å². The van der Waals surface area contributed by atoms with Crippen LogP contribution in [-0.2, 0) is 9.59 Å². The van der Waals surface area contributed by atoms with Crippen LogP contribution < -0.4 is 26.0 Å². The number of imide groups is 2. The van der Waals surface area contributed by atoms with E-state index in [9.17, 15) is 24.0 Å². The van der Waals surface area contributed by atoms with Gasteiger partial charge >= 0.3 is 6.03 Å². The molecule has 3 heterocycles. The van der Waals surface area contributed by atoms with Crippen LogP contribution in [0.15, 0.2) is 36.5 Å². The van der Waals surface area contributed by atoms with Crippen molar-refractivity contribution in [1.82, 2.24) is 20.5 Å². The molecule has 4 rings (SSSR count). The minimum Gasteiger partial charge on any atom is -0.481 e. The molecule has 0 saturated carbocycles. The Hall–Kier alpha value is -4.48. The topological polar surface area (TPSA) is 159 Å². The Bertz CT molecular complexity index is 1200. The van der Waals surface area contributed by atoms with Crippen molar-refractivity contribution in [1.29, 1.82) is 0 Å². The summed E-state index contributed by atoms with van der Waals surface area (Å²) >= 11 is 0. The molecule has 12 heteroatoms. The maximum absolute atomic E-state index is 13.1. The number of carbonyl (C=O) groups is 5. The molecule has 36 heavy (non-hydrogen) atoms. The number of amides is 6. The number of anilines is 2. The molecule has 1 aromatic carbocycles. The SMILES string of the molecule is COc1ccc(NC(=O)NCCCCNc2cccc3c2C(=O)N(C2CCC(=O)NC2=O)C3=O)cn1. The third-order valence-corrected chi connectivity index (χ3v) is 5.88. The molecular formula is C24H26N6O6. The summed E-state index contributed by atoms with van der Waals surface area (Å²) in [6.07, 6.45) is 3.03. The van der Waals surface area contributed by atoms with E-state index in [4.69, 9.17) is 4.74 Å². The monoisotopic (exact) mass is 494 g/mol. The molecule has 1 fully saturated rings. The number of hydrogen-bond acceptors (Lipinski definition) is 8. The summed E-state index contributed by atoms with van der Waals surface area (Å²) in [6.45, 7) is 0.937. The van der Waals surface area contributed by atoms with Crippen LogP contribution in [0.4, 0.5) is 16.2 Å². The standard InChI is InChI=1S/C24H26N6O6/c1-36-19-10-7-14(13-27-19)28-24(35)26-12-3-2-11-25-16-6-4-5-15-20(16)23(34)30(22(15)33)17-8-9-18(31)29-21(17)32/h4-7,10,13,17,25H,2-3,8-9,11-12H2,1H3,(H2,26,28,35)(H,29,31,32). The summed E-state index contributed by atoms with van der Waals surface area (Å²) in [5.74, 6) is -1.71. The number of urea groups is 1. The number of methoxy groups -OCH3 is 1. The maximum atomic E-state index is 13.1. The number of nitrogens with one attached hydrogen (secondary N) is 4. The predicted molar refractivity (Wildman–Crippen MR) is 129 cm³/mol. The Morgan fingerprint density at radius 2 is 1.92 bits per heavy atom. The van der Waals surface area contributed by atoms with E-state index in [2.05, 4.69) is 26.3 Å². The van der Waals surface area contributed by atoms with Gasteiger partial charge < -0.3 is 20.7 Å². The second-order valence-electron chi connectivity index (χ2n) is 8.28. The lowest BCUT2D eigenvalue weighted by Gasteiger charge is -2.27. The van der Waals surface area contributed by atoms with Crippen LogP contribution in [0.3, 0.4) is 0 Å². The number of fused-ring (bicyclic) bond motifs is 1. The summed E-state index contributed by atoms with van der Waals surface area (Å²) < 4.78 is 4.97. The zero-order chi connectivity index (χ0) is 25.7. The second-order valence-corrected chi connectivity index (χ2v) is 8.28. The number of piperidine rings is 1. The average molecular weight is 495 g/mol. The van der Waals surface area contributed by atoms with Gasteiger partial charge in [0.1, 0.15) is 6.04 Å². The maximum Gasteiger partial charge on any atom is 0.319 e. The van der Waals surface area contributed by atoms with Gasteiger partial charge in [0.15, 0.2) is 0 Å². The van der Waals surface area contributed by atoms with Crippen molar-refractivity contribution in [2.24, 2.45) is 0 Å². The van der Waals surface area contributed by atoms with Crippen molar-refractivity contribution >= 4 is 41.0 Å². The van der Waals surface area contributed by atoms with Crippen molar-refractivity contribution in [3.63, 3.8) is 0 Å². The van der Waals surface area contributed by atoms with E-state index < -0.39 is 29.7 Å². The summed E-state index contributed by atoms with van der Waals surface area (Å²) in [7, 11) is 1.51. The highest BCUT2D eigenvalue weighted by Crippen LogP contribution is 2.32. The van der Waals surface area contributed by atoms with Gasteiger partial charge in [0.2, 0.25) is 17.7 Å². The van der Waals surface area contributed by atoms with Gasteiger partial charge in [0, 0.05) is 31.3 Å². The van der Waals surface area contributed by atoms with Crippen LogP contribution in [0.5, 0.6) is 5.88 Å². The predicted octanol–water partition coefficient (Wildman–Crippen LogP) is 1.51. The Morgan fingerprint density at radius 3 is 2.64 bits per heavy atom. The van der Waals surface area contributed by atoms with Crippen LogP contribution in [0, 0.1) is 0 Å². The summed E-state index contributed by atoms with van der Waals surface area (Å²) in [5, 5.41) is 10.8. The van der Waals surface area contributed by atoms with Crippen LogP contribution >= 0.6 is 0 Å². The van der Waals surface area contributed by atoms with E-state index >= 15 is 0 Å². The molecule has 0 bridgehead atoms. The molecule has 12 nitrogen and oxygen atoms in total. The van der Waals surface area contributed by atoms with E-state index in [-0.39, 0.29) is 30.0 Å². The average Bonchev–Trinajstić information content (AvgIpc) is 3.12. The molecule has 1 aromatic heterocycles. The summed E-state index contributed by atoms with van der Waals surface area (Å²) in [5.41, 5.74) is 1.48. The molecular weight excluding hydrogens is 468 g/mol. The molecule has 2 aromatic rings. The van der Waals surface area contributed by atoms with Crippen LogP contribution in [0.25, 0.3) is 0 Å². The smallest absolute Gasteiger partial charge is 0.319 e. The first-order valence-electron chi connectivity index (χ1n) is 11.5. The van der Waals surface area contributed by atoms with Crippen molar-refractivity contribution < 1.29 is 28.7 Å². The first-order valence-corrected chi connectivity index (χ1v) is 11.5. The van der Waals surface area contributed by atoms with E-state index in [0.29, 0.717) is 43.2 Å². The van der Waals surface area contributed by atoms with Gasteiger partial charge in [-0.25, -0.2) is 9.78 Å². The Labute approximate surface area is 206 Å². The number of nitrogens with zero attached hydrogens (tertiary/aromatic N) is 2. The van der Waals surface area contributed by atoms with Gasteiger partial charge in [0.25, 0.3) is 11.8 Å². The first-order chi connectivity index (χ1) is 17.4. The van der Waals surface area contributed by atoms with Crippen LogP contribution in [-0.4, -0.2) is 65.8 Å². The van der Waals surface area contributed by atoms with E-state index in [1.165, 1.54) is 13.3 Å². The largest absolute Gasteiger partial charge is 0.481 e. The number of benzene rings is 1. The highest BCUT2D eigenvalue weighted by molar-refractivity contribution is 6.25. The first kappa shape index (κ1) is 24.6. The number of pyridine rings is 1. The Morgan fingerprint density at radius 1 is 1.11 bits per heavy atom. The highest BCUT2D eigenvalue weighted by Gasteiger charge is 2.45. The Kier molecular flexibility index (Phi) is 7.42. The van der Waals surface area contributed by atoms with E-state index in [0.717, 1.165) is 4.90 Å². The van der Waals surface area contributed by atoms with Gasteiger partial charge in [-0.2, -0.15) is 0 Å². The number of unbranched alkanes of at least 4 members (excludes halogenated alkanes) is 1. The quantitative estimate of drug-likeness (QED) is 0.302. The molecule has 2 aliphatic heterocycles. The van der Waals surface area contributed by atoms with Gasteiger partial charge in [-0.1, -0.05) is 6.07 Å². The van der Waals surface area contributed by atoms with Crippen LogP contribution in [0.2, 0.25) is 0 Å². The van der Waals surface area contributed by atoms with Gasteiger partial charge in [-0.05, 0) is 37.5 Å². The van der Waals surface area contributed by atoms with Crippen molar-refractivity contribution in [3.05, 3.63) is 47.7 Å². The second kappa shape index (κ2) is 10.8. The molecule has 6 amide bonds. The lowest BCUT2D eigenvalue weighted by molar-refractivity contribution is -0.136. The minimum absolute atomic E-state index is 0.0674. The van der Waals surface area contributed by atoms with Crippen molar-refractivity contribution in [3.8, 4) is 5.88 Å². The van der Waals surface area contributed by atoms with Gasteiger partial charge in [-0.3, -0.25) is 29.4 Å². The molecule has 4 N–H and O–H groups in total. The number of carbonyl (C=O) groups excluding carboxylic acids is 5. The van der Waals surface area contributed by atoms with E-state index in [1.54, 1.807) is 30.3 Å². The van der Waals surface area contributed by atoms with Crippen molar-refractivity contribution in [2.45, 2.75) is 31.7 Å². The lowest BCUT2D eigenvalue weighted by atomic mass is 10.0. The molecule has 1 saturated heterocycles. The number of ether oxygens (including phenoxy) is 1. The fraction of sp³-hybridized carbons (Fsp3) is 0.333. The van der Waals surface area contributed by atoms with Gasteiger partial charge in [0.05, 0.1) is 30.1 Å². The summed E-state index contributed by atoms with van der Waals surface area (Å²) in [6, 6.07) is 6.88. The van der Waals surface area contributed by atoms with Gasteiger partial charge in [-0.15, -0.1) is 0 Å². The third-order valence-electron chi connectivity index (χ3n) is 5.88. The Balaban J connectivity index is 1.25. The summed E-state index contributed by atoms with van der Waals surface area (Å²) in [4.78, 5) is 66.6. The fourth-order valence-electron chi connectivity index (χ4n) is 4.09. The normalized spacial score (nSPS) is 16.9. The number of aromatic nitrogens is 1.